The summed E-state index contributed by atoms with van der Waals surface area (Å²) in [4.78, 5) is 68.1. The number of amidine groups is 1. The van der Waals surface area contributed by atoms with Gasteiger partial charge in [-0.2, -0.15) is 0 Å². The minimum absolute atomic E-state index is 0.156. The van der Waals surface area contributed by atoms with Crippen LogP contribution in [-0.2, 0) is 24.0 Å². The fourth-order valence-electron chi connectivity index (χ4n) is 2.96. The first kappa shape index (κ1) is 31.7. The van der Waals surface area contributed by atoms with E-state index in [1.807, 2.05) is 0 Å². The lowest BCUT2D eigenvalue weighted by Gasteiger charge is -2.21. The van der Waals surface area contributed by atoms with Crippen LogP contribution in [0.5, 0.6) is 0 Å². The molecule has 2 aromatic carbocycles. The number of hydrogen-bond donors (Lipinski definition) is 9. The molecule has 3 atom stereocenters. The average molecular weight is 543 g/mol. The topological polar surface area (TPSA) is 301 Å². The number of benzene rings is 2. The molecule has 0 saturated carbocycles. The second-order valence-electron chi connectivity index (χ2n) is 8.06. The molecular formula is C24H30N8O7. The highest BCUT2D eigenvalue weighted by atomic mass is 16.4. The quantitative estimate of drug-likeness (QED) is 0.101. The Labute approximate surface area is 222 Å². The van der Waals surface area contributed by atoms with E-state index in [1.54, 1.807) is 36.4 Å². The number of carbonyl (C=O) groups is 6. The van der Waals surface area contributed by atoms with Gasteiger partial charge in [-0.1, -0.05) is 42.5 Å². The van der Waals surface area contributed by atoms with Crippen LogP contribution in [0.2, 0.25) is 0 Å². The molecule has 15 heteroatoms. The Kier molecular flexibility index (Phi) is 12.2. The number of nitrogens with one attached hydrogen (secondary N) is 3. The smallest absolute Gasteiger partial charge is 0.326 e. The minimum atomic E-state index is -1.54. The van der Waals surface area contributed by atoms with Crippen molar-refractivity contribution in [3.63, 3.8) is 0 Å². The maximum atomic E-state index is 12.8. The van der Waals surface area contributed by atoms with E-state index in [2.05, 4.69) is 10.6 Å². The van der Waals surface area contributed by atoms with Gasteiger partial charge in [-0.3, -0.25) is 29.4 Å². The number of primary amides is 3. The number of carbonyl (C=O) groups excluding carboxylic acids is 5. The lowest BCUT2D eigenvalue weighted by molar-refractivity contribution is -0.143. The summed E-state index contributed by atoms with van der Waals surface area (Å²) in [5.74, 6) is -5.36. The highest BCUT2D eigenvalue weighted by Crippen LogP contribution is 2.15. The molecule has 0 aliphatic carbocycles. The molecule has 208 valence electrons. The molecule has 0 saturated heterocycles. The van der Waals surface area contributed by atoms with Gasteiger partial charge in [-0.15, -0.1) is 0 Å². The number of carboxylic acid groups (broad SMARTS) is 1. The van der Waals surface area contributed by atoms with Crippen LogP contribution in [-0.4, -0.2) is 58.5 Å². The van der Waals surface area contributed by atoms with Crippen molar-refractivity contribution in [2.45, 2.75) is 31.0 Å². The van der Waals surface area contributed by atoms with Crippen molar-refractivity contribution in [1.29, 1.82) is 5.41 Å². The SMILES string of the molecule is N=C(N)c1cccc(C(=O)N[C@@H](C(=O)N[C@H](CC(N)=O)C(=O)O)c2ccccc2)c1.NC(=O)C[C@@H](N)C(N)=O. The molecule has 0 heterocycles. The van der Waals surface area contributed by atoms with Crippen LogP contribution in [0.3, 0.4) is 0 Å². The molecule has 39 heavy (non-hydrogen) atoms. The molecule has 0 spiro atoms. The highest BCUT2D eigenvalue weighted by molar-refractivity contribution is 6.02. The first-order valence-electron chi connectivity index (χ1n) is 11.2. The molecule has 0 unspecified atom stereocenters. The molecule has 0 radical (unpaired) electrons. The van der Waals surface area contributed by atoms with E-state index >= 15 is 0 Å². The van der Waals surface area contributed by atoms with Crippen molar-refractivity contribution in [2.24, 2.45) is 28.7 Å². The molecule has 2 aromatic rings. The number of hydrogen-bond acceptors (Lipinski definition) is 8. The average Bonchev–Trinajstić information content (AvgIpc) is 2.86. The maximum Gasteiger partial charge on any atom is 0.326 e. The fraction of sp³-hybridized carbons (Fsp3) is 0.208. The number of carboxylic acids is 1. The van der Waals surface area contributed by atoms with Crippen molar-refractivity contribution in [3.05, 3.63) is 71.3 Å². The van der Waals surface area contributed by atoms with E-state index in [4.69, 9.17) is 34.1 Å². The van der Waals surface area contributed by atoms with Crippen LogP contribution >= 0.6 is 0 Å². The number of aliphatic carboxylic acids is 1. The summed E-state index contributed by atoms with van der Waals surface area (Å²) in [6.07, 6.45) is -0.785. The van der Waals surface area contributed by atoms with Crippen molar-refractivity contribution in [2.75, 3.05) is 0 Å². The van der Waals surface area contributed by atoms with Gasteiger partial charge in [0.05, 0.1) is 18.9 Å². The van der Waals surface area contributed by atoms with Gasteiger partial charge in [-0.25, -0.2) is 4.79 Å². The lowest BCUT2D eigenvalue weighted by atomic mass is 10.0. The van der Waals surface area contributed by atoms with Crippen molar-refractivity contribution in [1.82, 2.24) is 10.6 Å². The Morgan fingerprint density at radius 3 is 1.82 bits per heavy atom. The first-order valence-corrected chi connectivity index (χ1v) is 11.2. The summed E-state index contributed by atoms with van der Waals surface area (Å²) in [6.45, 7) is 0. The molecular weight excluding hydrogens is 512 g/mol. The van der Waals surface area contributed by atoms with Crippen molar-refractivity contribution in [3.8, 4) is 0 Å². The van der Waals surface area contributed by atoms with Crippen LogP contribution in [0.25, 0.3) is 0 Å². The molecule has 2 rings (SSSR count). The number of nitrogens with two attached hydrogens (primary N) is 5. The Morgan fingerprint density at radius 1 is 0.795 bits per heavy atom. The van der Waals surface area contributed by atoms with Crippen molar-refractivity contribution < 1.29 is 33.9 Å². The van der Waals surface area contributed by atoms with E-state index in [0.29, 0.717) is 11.1 Å². The molecule has 0 aliphatic heterocycles. The monoisotopic (exact) mass is 542 g/mol. The van der Waals surface area contributed by atoms with Gasteiger partial charge in [0.2, 0.25) is 23.6 Å². The number of rotatable bonds is 12. The largest absolute Gasteiger partial charge is 0.480 e. The Balaban J connectivity index is 0.000000724. The fourth-order valence-corrected chi connectivity index (χ4v) is 2.96. The molecule has 14 N–H and O–H groups in total. The zero-order valence-corrected chi connectivity index (χ0v) is 20.6. The molecule has 15 nitrogen and oxygen atoms in total. The predicted octanol–water partition coefficient (Wildman–Crippen LogP) is -2.44. The third kappa shape index (κ3) is 11.1. The molecule has 0 fully saturated rings. The van der Waals surface area contributed by atoms with Gasteiger partial charge < -0.3 is 44.4 Å². The van der Waals surface area contributed by atoms with Gasteiger partial charge in [0.15, 0.2) is 0 Å². The summed E-state index contributed by atoms with van der Waals surface area (Å²) < 4.78 is 0. The predicted molar refractivity (Wildman–Crippen MR) is 138 cm³/mol. The second-order valence-corrected chi connectivity index (χ2v) is 8.06. The minimum Gasteiger partial charge on any atom is -0.480 e. The van der Waals surface area contributed by atoms with E-state index in [-0.39, 0.29) is 17.8 Å². The van der Waals surface area contributed by atoms with Gasteiger partial charge in [0.25, 0.3) is 5.91 Å². The van der Waals surface area contributed by atoms with E-state index < -0.39 is 60.1 Å². The van der Waals surface area contributed by atoms with E-state index in [1.165, 1.54) is 18.2 Å². The lowest BCUT2D eigenvalue weighted by Crippen LogP contribution is -2.48. The standard InChI is InChI=1S/C20H21N5O5.C4H9N3O2/c21-15(26)10-14(20(29)30)24-19(28)16(11-5-2-1-3-6-11)25-18(27)13-8-4-7-12(9-13)17(22)23;5-2(4(7)9)1-3(6)8/h1-9,14,16H,10H2,(H2,21,26)(H3,22,23)(H,24,28)(H,25,27)(H,29,30);2H,1,5H2,(H2,6,8)(H2,7,9)/t14-,16-;2-/m11/s1. The Morgan fingerprint density at radius 2 is 1.36 bits per heavy atom. The van der Waals surface area contributed by atoms with Gasteiger partial charge in [0, 0.05) is 11.1 Å². The zero-order valence-electron chi connectivity index (χ0n) is 20.6. The van der Waals surface area contributed by atoms with Crippen LogP contribution < -0.4 is 39.3 Å². The highest BCUT2D eigenvalue weighted by Gasteiger charge is 2.29. The summed E-state index contributed by atoms with van der Waals surface area (Å²) in [7, 11) is 0. The summed E-state index contributed by atoms with van der Waals surface area (Å²) in [6, 6.07) is 10.4. The molecule has 0 aromatic heterocycles. The van der Waals surface area contributed by atoms with E-state index in [0.717, 1.165) is 0 Å². The Bertz CT molecular complexity index is 1240. The van der Waals surface area contributed by atoms with Crippen molar-refractivity contribution >= 4 is 41.3 Å². The number of amides is 5. The summed E-state index contributed by atoms with van der Waals surface area (Å²) in [5, 5.41) is 21.5. The summed E-state index contributed by atoms with van der Waals surface area (Å²) in [5.41, 5.74) is 25.8. The zero-order chi connectivity index (χ0) is 29.7. The molecule has 5 amide bonds. The third-order valence-corrected chi connectivity index (χ3v) is 4.91. The van der Waals surface area contributed by atoms with Gasteiger partial charge >= 0.3 is 5.97 Å². The normalized spacial score (nSPS) is 12.3. The second kappa shape index (κ2) is 15.1. The van der Waals surface area contributed by atoms with Gasteiger partial charge in [-0.05, 0) is 17.7 Å². The third-order valence-electron chi connectivity index (χ3n) is 4.91. The van der Waals surface area contributed by atoms with E-state index in [9.17, 15) is 33.9 Å². The maximum absolute atomic E-state index is 12.8. The van der Waals surface area contributed by atoms with Crippen LogP contribution in [0.4, 0.5) is 0 Å². The molecule has 0 bridgehead atoms. The van der Waals surface area contributed by atoms with Crippen LogP contribution in [0, 0.1) is 5.41 Å². The first-order chi connectivity index (χ1) is 18.2. The number of nitrogen functional groups attached to an aromatic ring is 1. The van der Waals surface area contributed by atoms with Crippen LogP contribution in [0.15, 0.2) is 54.6 Å². The Hall–Kier alpha value is -5.31. The van der Waals surface area contributed by atoms with Crippen LogP contribution in [0.1, 0.15) is 40.4 Å². The summed E-state index contributed by atoms with van der Waals surface area (Å²) >= 11 is 0. The van der Waals surface area contributed by atoms with Gasteiger partial charge in [0.1, 0.15) is 17.9 Å². The molecule has 0 aliphatic rings.